The van der Waals surface area contributed by atoms with Crippen LogP contribution in [0, 0.1) is 5.82 Å². The molecule has 0 N–H and O–H groups in total. The Hall–Kier alpha value is -1.71. The first-order valence-corrected chi connectivity index (χ1v) is 6.30. The van der Waals surface area contributed by atoms with Gasteiger partial charge >= 0.3 is 0 Å². The number of aromatic nitrogens is 2. The Morgan fingerprint density at radius 3 is 2.61 bits per heavy atom. The van der Waals surface area contributed by atoms with Crippen LogP contribution in [0.15, 0.2) is 24.5 Å². The molecule has 0 aliphatic rings. The third-order valence-electron chi connectivity index (χ3n) is 3.40. The third-order valence-corrected chi connectivity index (χ3v) is 3.40. The van der Waals surface area contributed by atoms with Crippen molar-refractivity contribution >= 4 is 16.7 Å². The van der Waals surface area contributed by atoms with E-state index in [4.69, 9.17) is 0 Å². The van der Waals surface area contributed by atoms with Crippen molar-refractivity contribution in [2.45, 2.75) is 32.7 Å². The molecule has 0 aliphatic carbocycles. The molecular weight excluding hydrogens is 229 g/mol. The van der Waals surface area contributed by atoms with Crippen molar-refractivity contribution in [3.05, 3.63) is 30.3 Å². The first-order valence-electron chi connectivity index (χ1n) is 6.30. The maximum atomic E-state index is 13.4. The predicted molar refractivity (Wildman–Crippen MR) is 72.3 cm³/mol. The number of anilines is 1. The average Bonchev–Trinajstić information content (AvgIpc) is 2.39. The molecule has 3 nitrogen and oxygen atoms in total. The fraction of sp³-hybridized carbons (Fsp3) is 0.429. The minimum atomic E-state index is -0.253. The molecule has 0 spiro atoms. The van der Waals surface area contributed by atoms with Crippen LogP contribution in [-0.2, 0) is 0 Å². The van der Waals surface area contributed by atoms with Crippen molar-refractivity contribution in [2.24, 2.45) is 0 Å². The molecule has 96 valence electrons. The molecule has 1 aromatic heterocycles. The summed E-state index contributed by atoms with van der Waals surface area (Å²) in [6.07, 6.45) is 3.61. The molecule has 0 saturated heterocycles. The van der Waals surface area contributed by atoms with Gasteiger partial charge in [0.2, 0.25) is 0 Å². The van der Waals surface area contributed by atoms with Crippen molar-refractivity contribution in [2.75, 3.05) is 11.9 Å². The second-order valence-corrected chi connectivity index (χ2v) is 4.44. The zero-order chi connectivity index (χ0) is 13.1. The van der Waals surface area contributed by atoms with Gasteiger partial charge in [-0.05, 0) is 31.0 Å². The zero-order valence-corrected chi connectivity index (χ0v) is 11.0. The minimum absolute atomic E-state index is 0.253. The molecule has 2 rings (SSSR count). The van der Waals surface area contributed by atoms with Gasteiger partial charge in [0, 0.05) is 18.5 Å². The van der Waals surface area contributed by atoms with Gasteiger partial charge in [-0.3, -0.25) is 0 Å². The molecule has 0 amide bonds. The number of rotatable bonds is 4. The van der Waals surface area contributed by atoms with Crippen LogP contribution in [0.3, 0.4) is 0 Å². The molecule has 0 saturated carbocycles. The van der Waals surface area contributed by atoms with E-state index in [0.29, 0.717) is 6.04 Å². The second kappa shape index (κ2) is 5.29. The Bertz CT molecular complexity index is 538. The molecule has 0 unspecified atom stereocenters. The van der Waals surface area contributed by atoms with Crippen molar-refractivity contribution in [1.29, 1.82) is 0 Å². The summed E-state index contributed by atoms with van der Waals surface area (Å²) >= 11 is 0. The number of benzene rings is 1. The molecule has 4 heteroatoms. The van der Waals surface area contributed by atoms with E-state index in [1.54, 1.807) is 6.07 Å². The predicted octanol–water partition coefficient (Wildman–Crippen LogP) is 3.39. The average molecular weight is 247 g/mol. The summed E-state index contributed by atoms with van der Waals surface area (Å²) in [7, 11) is 2.00. The molecule has 0 radical (unpaired) electrons. The normalized spacial score (nSPS) is 11.2. The summed E-state index contributed by atoms with van der Waals surface area (Å²) in [4.78, 5) is 10.6. The van der Waals surface area contributed by atoms with Crippen LogP contribution >= 0.6 is 0 Å². The second-order valence-electron chi connectivity index (χ2n) is 4.44. The summed E-state index contributed by atoms with van der Waals surface area (Å²) < 4.78 is 13.4. The van der Waals surface area contributed by atoms with Crippen molar-refractivity contribution in [1.82, 2.24) is 9.97 Å². The number of halogens is 1. The van der Waals surface area contributed by atoms with E-state index in [-0.39, 0.29) is 5.82 Å². The van der Waals surface area contributed by atoms with Gasteiger partial charge in [-0.2, -0.15) is 0 Å². The SMILES string of the molecule is CCC(CC)N(C)c1ncnc2ccc(F)cc12. The van der Waals surface area contributed by atoms with Gasteiger partial charge in [0.15, 0.2) is 0 Å². The van der Waals surface area contributed by atoms with Gasteiger partial charge in [-0.25, -0.2) is 14.4 Å². The fourth-order valence-corrected chi connectivity index (χ4v) is 2.31. The van der Waals surface area contributed by atoms with Gasteiger partial charge < -0.3 is 4.90 Å². The summed E-state index contributed by atoms with van der Waals surface area (Å²) in [6.45, 7) is 4.29. The molecule has 18 heavy (non-hydrogen) atoms. The van der Waals surface area contributed by atoms with E-state index >= 15 is 0 Å². The number of hydrogen-bond donors (Lipinski definition) is 0. The highest BCUT2D eigenvalue weighted by Crippen LogP contribution is 2.25. The minimum Gasteiger partial charge on any atom is -0.356 e. The van der Waals surface area contributed by atoms with E-state index in [0.717, 1.165) is 29.6 Å². The van der Waals surface area contributed by atoms with Crippen molar-refractivity contribution in [3.63, 3.8) is 0 Å². The highest BCUT2D eigenvalue weighted by molar-refractivity contribution is 5.89. The lowest BCUT2D eigenvalue weighted by Gasteiger charge is -2.28. The lowest BCUT2D eigenvalue weighted by atomic mass is 10.1. The highest BCUT2D eigenvalue weighted by Gasteiger charge is 2.15. The number of hydrogen-bond acceptors (Lipinski definition) is 3. The zero-order valence-electron chi connectivity index (χ0n) is 11.0. The maximum absolute atomic E-state index is 13.4. The summed E-state index contributed by atoms with van der Waals surface area (Å²) in [5.74, 6) is 0.546. The Kier molecular flexibility index (Phi) is 3.75. The van der Waals surface area contributed by atoms with Crippen LogP contribution in [0.4, 0.5) is 10.2 Å². The number of nitrogens with zero attached hydrogens (tertiary/aromatic N) is 3. The summed E-state index contributed by atoms with van der Waals surface area (Å²) in [5, 5.41) is 0.770. The topological polar surface area (TPSA) is 29.0 Å². The van der Waals surface area contributed by atoms with Gasteiger partial charge in [0.25, 0.3) is 0 Å². The smallest absolute Gasteiger partial charge is 0.139 e. The summed E-state index contributed by atoms with van der Waals surface area (Å²) in [5.41, 5.74) is 0.777. The monoisotopic (exact) mass is 247 g/mol. The Morgan fingerprint density at radius 1 is 1.22 bits per heavy atom. The van der Waals surface area contributed by atoms with Crippen LogP contribution in [-0.4, -0.2) is 23.1 Å². The van der Waals surface area contributed by atoms with Crippen molar-refractivity contribution in [3.8, 4) is 0 Å². The van der Waals surface area contributed by atoms with E-state index < -0.39 is 0 Å². The first kappa shape index (κ1) is 12.7. The highest BCUT2D eigenvalue weighted by atomic mass is 19.1. The van der Waals surface area contributed by atoms with E-state index in [1.165, 1.54) is 18.5 Å². The maximum Gasteiger partial charge on any atom is 0.139 e. The molecule has 0 atom stereocenters. The molecule has 0 bridgehead atoms. The largest absolute Gasteiger partial charge is 0.356 e. The molecule has 1 heterocycles. The van der Waals surface area contributed by atoms with Crippen LogP contribution in [0.2, 0.25) is 0 Å². The lowest BCUT2D eigenvalue weighted by molar-refractivity contribution is 0.587. The van der Waals surface area contributed by atoms with Crippen LogP contribution in [0.25, 0.3) is 10.9 Å². The van der Waals surface area contributed by atoms with Crippen LogP contribution in [0.5, 0.6) is 0 Å². The van der Waals surface area contributed by atoms with Crippen LogP contribution < -0.4 is 4.90 Å². The molecular formula is C14H18FN3. The number of fused-ring (bicyclic) bond motifs is 1. The molecule has 0 fully saturated rings. The van der Waals surface area contributed by atoms with Gasteiger partial charge in [-0.15, -0.1) is 0 Å². The van der Waals surface area contributed by atoms with Gasteiger partial charge in [0.1, 0.15) is 18.0 Å². The van der Waals surface area contributed by atoms with E-state index in [2.05, 4.69) is 28.7 Å². The lowest BCUT2D eigenvalue weighted by Crippen LogP contribution is -2.31. The molecule has 0 aliphatic heterocycles. The Labute approximate surface area is 107 Å². The van der Waals surface area contributed by atoms with Gasteiger partial charge in [0.05, 0.1) is 5.52 Å². The molecule has 2 aromatic rings. The Balaban J connectivity index is 2.53. The standard InChI is InChI=1S/C14H18FN3/c1-4-11(5-2)18(3)14-12-8-10(15)6-7-13(12)16-9-17-14/h6-9,11H,4-5H2,1-3H3. The fourth-order valence-electron chi connectivity index (χ4n) is 2.31. The third kappa shape index (κ3) is 2.28. The van der Waals surface area contributed by atoms with Gasteiger partial charge in [-0.1, -0.05) is 13.8 Å². The quantitative estimate of drug-likeness (QED) is 0.829. The van der Waals surface area contributed by atoms with E-state index in [1.807, 2.05) is 7.05 Å². The summed E-state index contributed by atoms with van der Waals surface area (Å²) in [6, 6.07) is 5.03. The Morgan fingerprint density at radius 2 is 1.94 bits per heavy atom. The van der Waals surface area contributed by atoms with E-state index in [9.17, 15) is 4.39 Å². The molecule has 1 aromatic carbocycles. The van der Waals surface area contributed by atoms with Crippen LogP contribution in [0.1, 0.15) is 26.7 Å². The van der Waals surface area contributed by atoms with Crippen molar-refractivity contribution < 1.29 is 4.39 Å². The first-order chi connectivity index (χ1) is 8.67.